The highest BCUT2D eigenvalue weighted by molar-refractivity contribution is 6.39. The number of nitrogens with one attached hydrogen (secondary N) is 1. The van der Waals surface area contributed by atoms with Gasteiger partial charge in [-0.05, 0) is 36.8 Å². The second kappa shape index (κ2) is 8.43. The Morgan fingerprint density at radius 1 is 1.13 bits per heavy atom. The van der Waals surface area contributed by atoms with Gasteiger partial charge in [0.2, 0.25) is 0 Å². The zero-order valence-corrected chi connectivity index (χ0v) is 16.1. The smallest absolute Gasteiger partial charge is 0.335 e. The molecule has 1 aliphatic heterocycles. The molecule has 1 heterocycles. The number of nitrogens with zero attached hydrogens (tertiary/aromatic N) is 2. The van der Waals surface area contributed by atoms with Crippen LogP contribution >= 0.6 is 0 Å². The highest BCUT2D eigenvalue weighted by Gasteiger charge is 2.37. The van der Waals surface area contributed by atoms with Gasteiger partial charge in [-0.2, -0.15) is 0 Å². The van der Waals surface area contributed by atoms with Gasteiger partial charge in [0.15, 0.2) is 11.5 Å². The standard InChI is InChI=1S/C20H17N3O7/c1-3-30-17-10-12(7-8-16(17)29-2)9-15-18(24)21-20(26)22(19(15)25)13-5-4-6-14(11-13)23(27)28/h4-11H,3H2,1-2H3,(H,21,24,26)/b15-9+. The van der Waals surface area contributed by atoms with E-state index in [1.807, 2.05) is 0 Å². The third-order valence-corrected chi connectivity index (χ3v) is 4.20. The molecule has 1 fully saturated rings. The molecule has 1 N–H and O–H groups in total. The molecule has 0 aromatic heterocycles. The highest BCUT2D eigenvalue weighted by Crippen LogP contribution is 2.30. The normalized spacial score (nSPS) is 15.2. The minimum absolute atomic E-state index is 0.0326. The van der Waals surface area contributed by atoms with Gasteiger partial charge in [0.05, 0.1) is 24.3 Å². The van der Waals surface area contributed by atoms with Crippen molar-refractivity contribution in [2.45, 2.75) is 6.92 Å². The lowest BCUT2D eigenvalue weighted by Crippen LogP contribution is -2.54. The molecule has 1 saturated heterocycles. The highest BCUT2D eigenvalue weighted by atomic mass is 16.6. The quantitative estimate of drug-likeness (QED) is 0.335. The number of ether oxygens (including phenoxy) is 2. The minimum atomic E-state index is -0.993. The first-order chi connectivity index (χ1) is 14.3. The van der Waals surface area contributed by atoms with Gasteiger partial charge in [-0.15, -0.1) is 0 Å². The Morgan fingerprint density at radius 2 is 1.90 bits per heavy atom. The zero-order chi connectivity index (χ0) is 21.8. The van der Waals surface area contributed by atoms with E-state index in [0.717, 1.165) is 6.07 Å². The fourth-order valence-corrected chi connectivity index (χ4v) is 2.86. The summed E-state index contributed by atoms with van der Waals surface area (Å²) in [4.78, 5) is 48.5. The van der Waals surface area contributed by atoms with Crippen LogP contribution < -0.4 is 19.7 Å². The Morgan fingerprint density at radius 3 is 2.57 bits per heavy atom. The summed E-state index contributed by atoms with van der Waals surface area (Å²) in [7, 11) is 1.48. The molecule has 10 nitrogen and oxygen atoms in total. The number of carbonyl (C=O) groups is 3. The molecule has 0 atom stereocenters. The number of hydrogen-bond donors (Lipinski definition) is 1. The van der Waals surface area contributed by atoms with E-state index in [9.17, 15) is 24.5 Å². The summed E-state index contributed by atoms with van der Waals surface area (Å²) < 4.78 is 10.7. The molecule has 2 aromatic rings. The van der Waals surface area contributed by atoms with Crippen molar-refractivity contribution in [2.24, 2.45) is 0 Å². The second-order valence-electron chi connectivity index (χ2n) is 6.08. The van der Waals surface area contributed by atoms with Crippen LogP contribution in [0.4, 0.5) is 16.2 Å². The predicted molar refractivity (Wildman–Crippen MR) is 106 cm³/mol. The summed E-state index contributed by atoms with van der Waals surface area (Å²) in [5.41, 5.74) is -0.179. The molecular weight excluding hydrogens is 394 g/mol. The fraction of sp³-hybridized carbons (Fsp3) is 0.150. The van der Waals surface area contributed by atoms with Gasteiger partial charge in [0.25, 0.3) is 17.5 Å². The molecule has 0 unspecified atom stereocenters. The number of anilines is 1. The maximum Gasteiger partial charge on any atom is 0.335 e. The molecule has 0 radical (unpaired) electrons. The number of non-ortho nitro benzene ring substituents is 1. The van der Waals surface area contributed by atoms with Crippen LogP contribution in [-0.2, 0) is 9.59 Å². The molecule has 0 bridgehead atoms. The van der Waals surface area contributed by atoms with E-state index >= 15 is 0 Å². The molecule has 4 amide bonds. The summed E-state index contributed by atoms with van der Waals surface area (Å²) in [6.07, 6.45) is 1.30. The van der Waals surface area contributed by atoms with Crippen LogP contribution in [0.15, 0.2) is 48.0 Å². The lowest BCUT2D eigenvalue weighted by Gasteiger charge is -2.26. The second-order valence-corrected chi connectivity index (χ2v) is 6.08. The number of barbiturate groups is 1. The fourth-order valence-electron chi connectivity index (χ4n) is 2.86. The van der Waals surface area contributed by atoms with Crippen LogP contribution in [-0.4, -0.2) is 36.5 Å². The van der Waals surface area contributed by atoms with E-state index < -0.39 is 22.8 Å². The average Bonchev–Trinajstić information content (AvgIpc) is 2.71. The summed E-state index contributed by atoms with van der Waals surface area (Å²) in [6, 6.07) is 8.83. The molecule has 154 valence electrons. The van der Waals surface area contributed by atoms with Crippen molar-refractivity contribution in [1.29, 1.82) is 0 Å². The summed E-state index contributed by atoms with van der Waals surface area (Å²) in [5.74, 6) is -0.880. The van der Waals surface area contributed by atoms with E-state index in [1.165, 1.54) is 31.4 Å². The zero-order valence-electron chi connectivity index (χ0n) is 16.1. The van der Waals surface area contributed by atoms with Crippen LogP contribution in [0.1, 0.15) is 12.5 Å². The number of urea groups is 1. The van der Waals surface area contributed by atoms with Crippen LogP contribution in [0, 0.1) is 10.1 Å². The molecule has 3 rings (SSSR count). The van der Waals surface area contributed by atoms with Gasteiger partial charge in [0, 0.05) is 12.1 Å². The van der Waals surface area contributed by atoms with Gasteiger partial charge in [-0.3, -0.25) is 25.0 Å². The van der Waals surface area contributed by atoms with Gasteiger partial charge >= 0.3 is 6.03 Å². The molecule has 2 aromatic carbocycles. The Hall–Kier alpha value is -4.21. The third-order valence-electron chi connectivity index (χ3n) is 4.20. The number of amides is 4. The Balaban J connectivity index is 2.01. The van der Waals surface area contributed by atoms with Crippen LogP contribution in [0.3, 0.4) is 0 Å². The first-order valence-electron chi connectivity index (χ1n) is 8.82. The number of methoxy groups -OCH3 is 1. The van der Waals surface area contributed by atoms with E-state index in [-0.39, 0.29) is 16.9 Å². The summed E-state index contributed by atoms with van der Waals surface area (Å²) in [5, 5.41) is 13.1. The van der Waals surface area contributed by atoms with Crippen molar-refractivity contribution in [1.82, 2.24) is 5.32 Å². The number of imide groups is 2. The van der Waals surface area contributed by atoms with Crippen molar-refractivity contribution in [3.8, 4) is 11.5 Å². The number of nitro groups is 1. The molecule has 1 aliphatic rings. The lowest BCUT2D eigenvalue weighted by atomic mass is 10.1. The monoisotopic (exact) mass is 411 g/mol. The van der Waals surface area contributed by atoms with Gasteiger partial charge in [-0.1, -0.05) is 12.1 Å². The number of hydrogen-bond acceptors (Lipinski definition) is 7. The van der Waals surface area contributed by atoms with Gasteiger partial charge < -0.3 is 9.47 Å². The van der Waals surface area contributed by atoms with E-state index in [1.54, 1.807) is 25.1 Å². The van der Waals surface area contributed by atoms with Gasteiger partial charge in [0.1, 0.15) is 5.57 Å². The SMILES string of the molecule is CCOc1cc(/C=C2\C(=O)NC(=O)N(c3cccc([N+](=O)[O-])c3)C2=O)ccc1OC. The molecule has 0 spiro atoms. The lowest BCUT2D eigenvalue weighted by molar-refractivity contribution is -0.384. The van der Waals surface area contributed by atoms with Crippen molar-refractivity contribution < 1.29 is 28.8 Å². The summed E-state index contributed by atoms with van der Waals surface area (Å²) >= 11 is 0. The Kier molecular flexibility index (Phi) is 5.77. The van der Waals surface area contributed by atoms with E-state index in [0.29, 0.717) is 28.6 Å². The maximum absolute atomic E-state index is 12.9. The molecule has 0 saturated carbocycles. The van der Waals surface area contributed by atoms with Crippen molar-refractivity contribution in [3.63, 3.8) is 0 Å². The topological polar surface area (TPSA) is 128 Å². The third kappa shape index (κ3) is 3.97. The molecule has 30 heavy (non-hydrogen) atoms. The first kappa shape index (κ1) is 20.5. The average molecular weight is 411 g/mol. The van der Waals surface area contributed by atoms with Crippen molar-refractivity contribution in [3.05, 3.63) is 63.7 Å². The van der Waals surface area contributed by atoms with Crippen LogP contribution in [0.25, 0.3) is 6.08 Å². The maximum atomic E-state index is 12.9. The van der Waals surface area contributed by atoms with Gasteiger partial charge in [-0.25, -0.2) is 9.69 Å². The number of nitro benzene ring substituents is 1. The Labute approximate surface area is 170 Å². The van der Waals surface area contributed by atoms with Crippen LogP contribution in [0.2, 0.25) is 0 Å². The molecule has 0 aliphatic carbocycles. The van der Waals surface area contributed by atoms with Crippen molar-refractivity contribution in [2.75, 3.05) is 18.6 Å². The number of rotatable bonds is 6. The van der Waals surface area contributed by atoms with Crippen LogP contribution in [0.5, 0.6) is 11.5 Å². The van der Waals surface area contributed by atoms with E-state index in [4.69, 9.17) is 9.47 Å². The minimum Gasteiger partial charge on any atom is -0.493 e. The predicted octanol–water partition coefficient (Wildman–Crippen LogP) is 2.67. The number of carbonyl (C=O) groups excluding carboxylic acids is 3. The largest absolute Gasteiger partial charge is 0.493 e. The van der Waals surface area contributed by atoms with E-state index in [2.05, 4.69) is 5.32 Å². The first-order valence-corrected chi connectivity index (χ1v) is 8.82. The summed E-state index contributed by atoms with van der Waals surface area (Å²) in [6.45, 7) is 2.18. The number of benzene rings is 2. The Bertz CT molecular complexity index is 1080. The molecular formula is C20H17N3O7. The van der Waals surface area contributed by atoms with Crippen molar-refractivity contribution >= 4 is 35.3 Å². The molecule has 10 heteroatoms.